The third kappa shape index (κ3) is 3.80. The molecule has 6 heteroatoms. The fourth-order valence-electron chi connectivity index (χ4n) is 1.47. The quantitative estimate of drug-likeness (QED) is 0.461. The first kappa shape index (κ1) is 15.5. The third-order valence-electron chi connectivity index (χ3n) is 2.37. The molecule has 0 aliphatic carbocycles. The van der Waals surface area contributed by atoms with Crippen molar-refractivity contribution < 1.29 is 4.79 Å². The lowest BCUT2D eigenvalue weighted by Crippen LogP contribution is -2.13. The van der Waals surface area contributed by atoms with Gasteiger partial charge in [-0.15, -0.1) is 0 Å². The van der Waals surface area contributed by atoms with Gasteiger partial charge < -0.3 is 5.32 Å². The topological polar surface area (TPSA) is 29.1 Å². The van der Waals surface area contributed by atoms with E-state index >= 15 is 0 Å². The van der Waals surface area contributed by atoms with Crippen molar-refractivity contribution >= 4 is 82.0 Å². The van der Waals surface area contributed by atoms with Crippen LogP contribution in [-0.4, -0.2) is 5.91 Å². The van der Waals surface area contributed by atoms with Crippen molar-refractivity contribution in [3.05, 3.63) is 58.9 Å². The van der Waals surface area contributed by atoms with Crippen molar-refractivity contribution in [1.82, 2.24) is 0 Å². The predicted molar refractivity (Wildman–Crippen MR) is 96.7 cm³/mol. The molecule has 0 bridgehead atoms. The number of amides is 1. The van der Waals surface area contributed by atoms with Gasteiger partial charge in [0.25, 0.3) is 5.91 Å². The summed E-state index contributed by atoms with van der Waals surface area (Å²) in [4.78, 5) is 12.3. The zero-order valence-electron chi connectivity index (χ0n) is 9.38. The number of rotatable bonds is 2. The molecule has 0 radical (unpaired) electrons. The maximum Gasteiger partial charge on any atom is 0.256 e. The van der Waals surface area contributed by atoms with E-state index in [1.165, 1.54) is 0 Å². The average Bonchev–Trinajstić information content (AvgIpc) is 2.37. The lowest BCUT2D eigenvalue weighted by atomic mass is 10.2. The third-order valence-corrected chi connectivity index (χ3v) is 5.06. The van der Waals surface area contributed by atoms with E-state index in [0.29, 0.717) is 5.56 Å². The van der Waals surface area contributed by atoms with Gasteiger partial charge in [-0.3, -0.25) is 4.79 Å². The smallest absolute Gasteiger partial charge is 0.256 e. The Balaban J connectivity index is 2.34. The first-order valence-corrected chi connectivity index (χ1v) is 8.65. The van der Waals surface area contributed by atoms with Gasteiger partial charge in [-0.25, -0.2) is 0 Å². The number of carbonyl (C=O) groups is 1. The molecule has 1 amide bonds. The molecule has 2 aromatic carbocycles. The van der Waals surface area contributed by atoms with Gasteiger partial charge in [-0.1, -0.05) is 6.07 Å². The van der Waals surface area contributed by atoms with E-state index in [4.69, 9.17) is 0 Å². The van der Waals surface area contributed by atoms with Gasteiger partial charge in [0.2, 0.25) is 0 Å². The fourth-order valence-corrected chi connectivity index (χ4v) is 3.58. The van der Waals surface area contributed by atoms with Crippen LogP contribution in [0.1, 0.15) is 10.4 Å². The molecule has 0 atom stereocenters. The molecular formula is C13H7Br3INO. The Morgan fingerprint density at radius 3 is 2.26 bits per heavy atom. The Morgan fingerprint density at radius 2 is 1.63 bits per heavy atom. The summed E-state index contributed by atoms with van der Waals surface area (Å²) in [6.45, 7) is 0. The lowest BCUT2D eigenvalue weighted by molar-refractivity contribution is 0.102. The first-order valence-electron chi connectivity index (χ1n) is 5.19. The maximum atomic E-state index is 12.3. The van der Waals surface area contributed by atoms with Gasteiger partial charge in [0.05, 0.1) is 11.3 Å². The molecule has 0 aliphatic heterocycles. The predicted octanol–water partition coefficient (Wildman–Crippen LogP) is 5.83. The van der Waals surface area contributed by atoms with Crippen LogP contribution in [0.2, 0.25) is 0 Å². The molecule has 1 N–H and O–H groups in total. The van der Waals surface area contributed by atoms with Gasteiger partial charge in [0.1, 0.15) is 0 Å². The van der Waals surface area contributed by atoms with Gasteiger partial charge in [0.15, 0.2) is 0 Å². The second-order valence-corrected chi connectivity index (χ2v) is 7.48. The van der Waals surface area contributed by atoms with E-state index < -0.39 is 0 Å². The average molecular weight is 560 g/mol. The molecule has 98 valence electrons. The minimum absolute atomic E-state index is 0.155. The van der Waals surface area contributed by atoms with Crippen molar-refractivity contribution in [3.63, 3.8) is 0 Å². The molecule has 0 unspecified atom stereocenters. The molecule has 0 saturated carbocycles. The summed E-state index contributed by atoms with van der Waals surface area (Å²) in [7, 11) is 0. The number of hydrogen-bond donors (Lipinski definition) is 1. The Bertz CT molecular complexity index is 626. The SMILES string of the molecule is O=C(Nc1c(Br)cccc1Br)c1cc(I)ccc1Br. The van der Waals surface area contributed by atoms with Crippen molar-refractivity contribution in [1.29, 1.82) is 0 Å². The van der Waals surface area contributed by atoms with Crippen molar-refractivity contribution in [2.45, 2.75) is 0 Å². The Morgan fingerprint density at radius 1 is 1.00 bits per heavy atom. The first-order chi connectivity index (χ1) is 8.99. The summed E-state index contributed by atoms with van der Waals surface area (Å²) in [6, 6.07) is 11.3. The minimum Gasteiger partial charge on any atom is -0.320 e. The van der Waals surface area contributed by atoms with Crippen LogP contribution in [0, 0.1) is 3.57 Å². The molecule has 19 heavy (non-hydrogen) atoms. The van der Waals surface area contributed by atoms with Crippen LogP contribution in [0.3, 0.4) is 0 Å². The lowest BCUT2D eigenvalue weighted by Gasteiger charge is -2.10. The maximum absolute atomic E-state index is 12.3. The molecule has 0 heterocycles. The van der Waals surface area contributed by atoms with Crippen LogP contribution >= 0.6 is 70.4 Å². The second-order valence-electron chi connectivity index (χ2n) is 3.67. The summed E-state index contributed by atoms with van der Waals surface area (Å²) in [5, 5.41) is 2.90. The van der Waals surface area contributed by atoms with Crippen molar-refractivity contribution in [2.24, 2.45) is 0 Å². The van der Waals surface area contributed by atoms with E-state index in [1.807, 2.05) is 36.4 Å². The molecule has 2 rings (SSSR count). The summed E-state index contributed by atoms with van der Waals surface area (Å²) >= 11 is 12.4. The zero-order valence-corrected chi connectivity index (χ0v) is 16.3. The van der Waals surface area contributed by atoms with E-state index in [0.717, 1.165) is 22.7 Å². The summed E-state index contributed by atoms with van der Waals surface area (Å²) in [5.74, 6) is -0.155. The zero-order chi connectivity index (χ0) is 14.0. The fraction of sp³-hybridized carbons (Fsp3) is 0. The van der Waals surface area contributed by atoms with E-state index in [-0.39, 0.29) is 5.91 Å². The molecule has 0 saturated heterocycles. The number of hydrogen-bond acceptors (Lipinski definition) is 1. The Kier molecular flexibility index (Phi) is 5.45. The Hall–Kier alpha value is 0.0800. The molecule has 2 aromatic rings. The van der Waals surface area contributed by atoms with Crippen LogP contribution in [0.25, 0.3) is 0 Å². The highest BCUT2D eigenvalue weighted by Crippen LogP contribution is 2.31. The van der Waals surface area contributed by atoms with Crippen LogP contribution in [0.5, 0.6) is 0 Å². The normalized spacial score (nSPS) is 10.3. The van der Waals surface area contributed by atoms with E-state index in [2.05, 4.69) is 75.7 Å². The standard InChI is InChI=1S/C13H7Br3INO/c14-9-5-4-7(17)6-8(9)13(19)18-12-10(15)2-1-3-11(12)16/h1-6H,(H,18,19). The molecule has 0 aromatic heterocycles. The van der Waals surface area contributed by atoms with E-state index in [1.54, 1.807) is 0 Å². The van der Waals surface area contributed by atoms with E-state index in [9.17, 15) is 4.79 Å². The summed E-state index contributed by atoms with van der Waals surface area (Å²) in [5.41, 5.74) is 1.33. The van der Waals surface area contributed by atoms with Crippen LogP contribution in [0.4, 0.5) is 5.69 Å². The van der Waals surface area contributed by atoms with Crippen molar-refractivity contribution in [2.75, 3.05) is 5.32 Å². The second kappa shape index (κ2) is 6.69. The van der Waals surface area contributed by atoms with Gasteiger partial charge in [-0.05, 0) is 101 Å². The van der Waals surface area contributed by atoms with Crippen LogP contribution < -0.4 is 5.32 Å². The number of halogens is 4. The van der Waals surface area contributed by atoms with Crippen LogP contribution in [0.15, 0.2) is 49.8 Å². The van der Waals surface area contributed by atoms with Crippen molar-refractivity contribution in [3.8, 4) is 0 Å². The number of para-hydroxylation sites is 1. The number of benzene rings is 2. The molecule has 0 spiro atoms. The summed E-state index contributed by atoms with van der Waals surface area (Å²) in [6.07, 6.45) is 0. The van der Waals surface area contributed by atoms with Gasteiger partial charge >= 0.3 is 0 Å². The number of nitrogens with one attached hydrogen (secondary N) is 1. The highest BCUT2D eigenvalue weighted by atomic mass is 127. The van der Waals surface area contributed by atoms with Gasteiger partial charge in [0, 0.05) is 17.0 Å². The molecule has 0 fully saturated rings. The Labute approximate surface area is 149 Å². The molecule has 2 nitrogen and oxygen atoms in total. The number of carbonyl (C=O) groups excluding carboxylic acids is 1. The summed E-state index contributed by atoms with van der Waals surface area (Å²) < 4.78 is 3.44. The highest BCUT2D eigenvalue weighted by molar-refractivity contribution is 14.1. The van der Waals surface area contributed by atoms with Crippen LogP contribution in [-0.2, 0) is 0 Å². The molecule has 0 aliphatic rings. The monoisotopic (exact) mass is 557 g/mol. The van der Waals surface area contributed by atoms with Gasteiger partial charge in [-0.2, -0.15) is 0 Å². The minimum atomic E-state index is -0.155. The molecular weight excluding hydrogens is 553 g/mol. The largest absolute Gasteiger partial charge is 0.320 e. The number of anilines is 1. The highest BCUT2D eigenvalue weighted by Gasteiger charge is 2.13.